The Labute approximate surface area is 77.4 Å². The zero-order valence-corrected chi connectivity index (χ0v) is 7.73. The highest BCUT2D eigenvalue weighted by Gasteiger charge is 2.14. The molecule has 0 heterocycles. The zero-order chi connectivity index (χ0) is 10.3. The van der Waals surface area contributed by atoms with E-state index >= 15 is 0 Å². The molecule has 0 aromatic carbocycles. The van der Waals surface area contributed by atoms with Crippen molar-refractivity contribution in [1.29, 1.82) is 0 Å². The Morgan fingerprint density at radius 2 is 2.00 bits per heavy atom. The van der Waals surface area contributed by atoms with Gasteiger partial charge < -0.3 is 20.6 Å². The van der Waals surface area contributed by atoms with E-state index in [-0.39, 0.29) is 12.8 Å². The number of carbonyl (C=O) groups is 1. The summed E-state index contributed by atoms with van der Waals surface area (Å²) >= 11 is 0. The summed E-state index contributed by atoms with van der Waals surface area (Å²) < 4.78 is 0. The molecule has 0 rings (SSSR count). The predicted octanol–water partition coefficient (Wildman–Crippen LogP) is -0.817. The third-order valence-corrected chi connectivity index (χ3v) is 1.68. The van der Waals surface area contributed by atoms with Gasteiger partial charge in [0, 0.05) is 0 Å². The summed E-state index contributed by atoms with van der Waals surface area (Å²) in [5.41, 5.74) is 0. The molecule has 2 atom stereocenters. The van der Waals surface area contributed by atoms with Crippen LogP contribution in [-0.4, -0.2) is 47.1 Å². The third-order valence-electron chi connectivity index (χ3n) is 1.68. The molecule has 78 valence electrons. The van der Waals surface area contributed by atoms with E-state index in [1.165, 1.54) is 0 Å². The lowest BCUT2D eigenvalue weighted by atomic mass is 10.1. The number of hydrogen-bond donors (Lipinski definition) is 4. The molecule has 0 aromatic heterocycles. The van der Waals surface area contributed by atoms with Crippen LogP contribution in [0.5, 0.6) is 0 Å². The van der Waals surface area contributed by atoms with Gasteiger partial charge in [0.1, 0.15) is 0 Å². The molecular formula is C8H17NO4. The number of carboxylic acids is 1. The smallest absolute Gasteiger partial charge is 0.305 e. The van der Waals surface area contributed by atoms with Crippen molar-refractivity contribution in [3.8, 4) is 0 Å². The molecule has 13 heavy (non-hydrogen) atoms. The van der Waals surface area contributed by atoms with Crippen molar-refractivity contribution in [3.63, 3.8) is 0 Å². The molecule has 0 radical (unpaired) electrons. The normalized spacial score (nSPS) is 15.3. The Kier molecular flexibility index (Phi) is 6.48. The van der Waals surface area contributed by atoms with Crippen molar-refractivity contribution in [2.45, 2.75) is 31.5 Å². The minimum atomic E-state index is -1.05. The van der Waals surface area contributed by atoms with Crippen molar-refractivity contribution < 1.29 is 20.1 Å². The Bertz CT molecular complexity index is 151. The lowest BCUT2D eigenvalue weighted by Crippen LogP contribution is -2.23. The molecule has 4 N–H and O–H groups in total. The van der Waals surface area contributed by atoms with Crippen LogP contribution in [0.3, 0.4) is 0 Å². The van der Waals surface area contributed by atoms with Gasteiger partial charge >= 0.3 is 5.97 Å². The molecule has 0 amide bonds. The highest BCUT2D eigenvalue weighted by molar-refractivity contribution is 5.67. The van der Waals surface area contributed by atoms with Gasteiger partial charge in [-0.3, -0.25) is 4.79 Å². The molecule has 0 fully saturated rings. The monoisotopic (exact) mass is 191 g/mol. The molecule has 0 spiro atoms. The maximum Gasteiger partial charge on any atom is 0.305 e. The molecule has 0 saturated heterocycles. The first-order valence-electron chi connectivity index (χ1n) is 4.28. The van der Waals surface area contributed by atoms with E-state index in [0.29, 0.717) is 13.0 Å². The van der Waals surface area contributed by atoms with Gasteiger partial charge in [0.05, 0.1) is 18.6 Å². The second kappa shape index (κ2) is 6.82. The van der Waals surface area contributed by atoms with Crippen molar-refractivity contribution in [3.05, 3.63) is 0 Å². The summed E-state index contributed by atoms with van der Waals surface area (Å²) in [6.45, 7) is 0.654. The maximum atomic E-state index is 10.2. The Morgan fingerprint density at radius 1 is 1.38 bits per heavy atom. The average molecular weight is 191 g/mol. The molecule has 0 saturated carbocycles. The van der Waals surface area contributed by atoms with Crippen LogP contribution < -0.4 is 5.32 Å². The first-order valence-corrected chi connectivity index (χ1v) is 4.28. The van der Waals surface area contributed by atoms with E-state index in [2.05, 4.69) is 5.32 Å². The summed E-state index contributed by atoms with van der Waals surface area (Å²) in [5.74, 6) is -1.05. The molecule has 0 unspecified atom stereocenters. The van der Waals surface area contributed by atoms with Gasteiger partial charge in [-0.15, -0.1) is 0 Å². The fourth-order valence-electron chi connectivity index (χ4n) is 1.03. The van der Waals surface area contributed by atoms with Crippen LogP contribution in [0.25, 0.3) is 0 Å². The van der Waals surface area contributed by atoms with E-state index < -0.39 is 18.2 Å². The first kappa shape index (κ1) is 12.3. The predicted molar refractivity (Wildman–Crippen MR) is 47.4 cm³/mol. The van der Waals surface area contributed by atoms with Crippen LogP contribution in [-0.2, 0) is 4.79 Å². The van der Waals surface area contributed by atoms with Gasteiger partial charge in [0.25, 0.3) is 0 Å². The molecule has 5 heteroatoms. The van der Waals surface area contributed by atoms with Crippen LogP contribution in [0.4, 0.5) is 0 Å². The fourth-order valence-corrected chi connectivity index (χ4v) is 1.03. The highest BCUT2D eigenvalue weighted by atomic mass is 16.4. The van der Waals surface area contributed by atoms with E-state index in [0.717, 1.165) is 0 Å². The van der Waals surface area contributed by atoms with Gasteiger partial charge in [-0.25, -0.2) is 0 Å². The van der Waals surface area contributed by atoms with E-state index in [1.807, 2.05) is 0 Å². The number of nitrogens with one attached hydrogen (secondary N) is 1. The van der Waals surface area contributed by atoms with Gasteiger partial charge in [-0.05, 0) is 26.4 Å². The van der Waals surface area contributed by atoms with Crippen LogP contribution in [0, 0.1) is 0 Å². The fraction of sp³-hybridized carbons (Fsp3) is 0.875. The highest BCUT2D eigenvalue weighted by Crippen LogP contribution is 2.05. The average Bonchev–Trinajstić information content (AvgIpc) is 1.98. The van der Waals surface area contributed by atoms with Gasteiger partial charge in [-0.2, -0.15) is 0 Å². The second-order valence-corrected chi connectivity index (χ2v) is 3.03. The zero-order valence-electron chi connectivity index (χ0n) is 7.73. The lowest BCUT2D eigenvalue weighted by Gasteiger charge is -2.13. The number of carboxylic acid groups (broad SMARTS) is 1. The quantitative estimate of drug-likeness (QED) is 0.422. The molecule has 0 bridgehead atoms. The van der Waals surface area contributed by atoms with Crippen molar-refractivity contribution in [2.24, 2.45) is 0 Å². The molecule has 0 aliphatic heterocycles. The van der Waals surface area contributed by atoms with Crippen LogP contribution in [0.2, 0.25) is 0 Å². The van der Waals surface area contributed by atoms with E-state index in [4.69, 9.17) is 10.2 Å². The van der Waals surface area contributed by atoms with Gasteiger partial charge in [0.15, 0.2) is 0 Å². The summed E-state index contributed by atoms with van der Waals surface area (Å²) in [6.07, 6.45) is -1.26. The van der Waals surface area contributed by atoms with Gasteiger partial charge in [0.2, 0.25) is 0 Å². The summed E-state index contributed by atoms with van der Waals surface area (Å²) in [5, 5.41) is 29.6. The second-order valence-electron chi connectivity index (χ2n) is 3.03. The minimum Gasteiger partial charge on any atom is -0.481 e. The lowest BCUT2D eigenvalue weighted by molar-refractivity contribution is -0.139. The van der Waals surface area contributed by atoms with Crippen molar-refractivity contribution in [2.75, 3.05) is 13.6 Å². The first-order chi connectivity index (χ1) is 6.06. The standard InChI is InChI=1S/C8H17NO4/c1-9-3-2-6(10)4-7(11)5-8(12)13/h6-7,9-11H,2-5H2,1H3,(H,12,13)/t6-,7-/m1/s1. The summed E-state index contributed by atoms with van der Waals surface area (Å²) in [6, 6.07) is 0. The topological polar surface area (TPSA) is 89.8 Å². The molecule has 0 aliphatic rings. The molecule has 0 aliphatic carbocycles. The van der Waals surface area contributed by atoms with Crippen molar-refractivity contribution >= 4 is 5.97 Å². The molecule has 5 nitrogen and oxygen atoms in total. The Hall–Kier alpha value is -0.650. The summed E-state index contributed by atoms with van der Waals surface area (Å²) in [7, 11) is 1.76. The number of aliphatic hydroxyl groups excluding tert-OH is 2. The van der Waals surface area contributed by atoms with E-state index in [1.54, 1.807) is 7.05 Å². The molecule has 0 aromatic rings. The number of hydrogen-bond acceptors (Lipinski definition) is 4. The van der Waals surface area contributed by atoms with Crippen molar-refractivity contribution in [1.82, 2.24) is 5.32 Å². The molecular weight excluding hydrogens is 174 g/mol. The van der Waals surface area contributed by atoms with Gasteiger partial charge in [-0.1, -0.05) is 0 Å². The maximum absolute atomic E-state index is 10.2. The SMILES string of the molecule is CNCC[C@@H](O)C[C@@H](O)CC(=O)O. The number of aliphatic carboxylic acids is 1. The van der Waals surface area contributed by atoms with E-state index in [9.17, 15) is 9.90 Å². The number of rotatable bonds is 7. The Balaban J connectivity index is 3.52. The van der Waals surface area contributed by atoms with Crippen LogP contribution in [0.15, 0.2) is 0 Å². The van der Waals surface area contributed by atoms with Crippen LogP contribution in [0.1, 0.15) is 19.3 Å². The Morgan fingerprint density at radius 3 is 2.46 bits per heavy atom. The van der Waals surface area contributed by atoms with Crippen LogP contribution >= 0.6 is 0 Å². The number of aliphatic hydroxyl groups is 2. The summed E-state index contributed by atoms with van der Waals surface area (Å²) in [4.78, 5) is 10.2. The largest absolute Gasteiger partial charge is 0.481 e. The third kappa shape index (κ3) is 7.70. The minimum absolute atomic E-state index is 0.119.